The number of hydrogen-bond acceptors (Lipinski definition) is 4. The van der Waals surface area contributed by atoms with E-state index in [0.717, 1.165) is 12.8 Å². The van der Waals surface area contributed by atoms with Crippen LogP contribution in [0.1, 0.15) is 105 Å². The molecule has 0 aliphatic rings. The molecule has 0 aliphatic carbocycles. The van der Waals surface area contributed by atoms with Gasteiger partial charge in [-0.15, -0.1) is 4.67 Å². The van der Waals surface area contributed by atoms with Gasteiger partial charge in [0.05, 0.1) is 0 Å². The van der Waals surface area contributed by atoms with Gasteiger partial charge >= 0.3 is 37.4 Å². The molecule has 0 fully saturated rings. The van der Waals surface area contributed by atoms with Gasteiger partial charge in [0.25, 0.3) is 0 Å². The Morgan fingerprint density at radius 2 is 1.23 bits per heavy atom. The van der Waals surface area contributed by atoms with Crippen LogP contribution in [0.25, 0.3) is 0 Å². The molecule has 0 aromatic carbocycles. The molecule has 1 atom stereocenters. The van der Waals surface area contributed by atoms with Gasteiger partial charge in [-0.1, -0.05) is 84.0 Å². The van der Waals surface area contributed by atoms with Gasteiger partial charge in [0.15, 0.2) is 6.29 Å². The third kappa shape index (κ3) is 23.1. The summed E-state index contributed by atoms with van der Waals surface area (Å²) in [5.74, 6) is 0. The molecular weight excluding hydrogens is 366 g/mol. The largest absolute Gasteiger partial charge is 1.00 e. The Labute approximate surface area is 183 Å². The third-order valence-corrected chi connectivity index (χ3v) is 4.42. The molecule has 6 nitrogen and oxygen atoms in total. The second-order valence-electron chi connectivity index (χ2n) is 6.58. The van der Waals surface area contributed by atoms with Crippen LogP contribution in [0.4, 0.5) is 0 Å². The van der Waals surface area contributed by atoms with Crippen molar-refractivity contribution < 1.29 is 59.6 Å². The molecule has 0 aromatic heterocycles. The van der Waals surface area contributed by atoms with E-state index >= 15 is 0 Å². The number of rotatable bonds is 19. The third-order valence-electron chi connectivity index (χ3n) is 4.14. The molecule has 0 amide bonds. The van der Waals surface area contributed by atoms with Gasteiger partial charge in [0, 0.05) is 13.0 Å². The van der Waals surface area contributed by atoms with Gasteiger partial charge < -0.3 is 16.0 Å². The van der Waals surface area contributed by atoms with Crippen molar-refractivity contribution in [1.29, 1.82) is 0 Å². The number of ether oxygens (including phenoxy) is 1. The monoisotopic (exact) mass is 406 g/mol. The Hall–Kier alpha value is 1.03. The predicted octanol–water partition coefficient (Wildman–Crippen LogP) is 2.99. The molecule has 0 radical (unpaired) electrons. The molecule has 0 heterocycles. The van der Waals surface area contributed by atoms with Crippen molar-refractivity contribution in [2.75, 3.05) is 6.61 Å². The summed E-state index contributed by atoms with van der Waals surface area (Å²) in [7, 11) is -4.62. The number of hydrogen-bond donors (Lipinski definition) is 2. The van der Waals surface area contributed by atoms with Gasteiger partial charge in [-0.05, 0) is 13.3 Å². The van der Waals surface area contributed by atoms with E-state index < -0.39 is 14.1 Å². The zero-order chi connectivity index (χ0) is 18.8. The van der Waals surface area contributed by atoms with E-state index in [1.165, 1.54) is 70.6 Å². The summed E-state index contributed by atoms with van der Waals surface area (Å²) in [6.07, 6.45) is 16.4. The van der Waals surface area contributed by atoms with Crippen LogP contribution >= 0.6 is 7.82 Å². The van der Waals surface area contributed by atoms with E-state index in [9.17, 15) is 4.57 Å². The summed E-state index contributed by atoms with van der Waals surface area (Å²) in [5, 5.41) is 0. The second kappa shape index (κ2) is 20.8. The number of phosphoric acid groups is 1. The van der Waals surface area contributed by atoms with Gasteiger partial charge in [0.2, 0.25) is 0 Å². The summed E-state index contributed by atoms with van der Waals surface area (Å²) in [6.45, 7) is 4.46. The predicted molar refractivity (Wildman–Crippen MR) is 101 cm³/mol. The second-order valence-corrected chi connectivity index (χ2v) is 7.71. The van der Waals surface area contributed by atoms with E-state index in [1.807, 2.05) is 0 Å². The van der Waals surface area contributed by atoms with E-state index in [0.29, 0.717) is 13.0 Å². The summed E-state index contributed by atoms with van der Waals surface area (Å²) in [5.41, 5.74) is 0. The minimum Gasteiger partial charge on any atom is -1.00 e. The molecule has 0 aliphatic heterocycles. The van der Waals surface area contributed by atoms with Crippen LogP contribution < -0.4 is 29.6 Å². The maximum atomic E-state index is 10.6. The van der Waals surface area contributed by atoms with E-state index in [2.05, 4.69) is 16.5 Å². The molecule has 0 spiro atoms. The van der Waals surface area contributed by atoms with Crippen LogP contribution in [0.2, 0.25) is 0 Å². The fraction of sp³-hybridized carbons (Fsp3) is 1.00. The molecule has 0 saturated carbocycles. The molecular formula is C18H40NaO6P. The van der Waals surface area contributed by atoms with Crippen molar-refractivity contribution in [1.82, 2.24) is 0 Å². The molecule has 154 valence electrons. The summed E-state index contributed by atoms with van der Waals surface area (Å²) in [4.78, 5) is 21.9. The van der Waals surface area contributed by atoms with Gasteiger partial charge in [-0.2, -0.15) is 4.89 Å². The molecule has 26 heavy (non-hydrogen) atoms. The van der Waals surface area contributed by atoms with Crippen molar-refractivity contribution >= 4 is 7.82 Å². The average molecular weight is 406 g/mol. The first-order chi connectivity index (χ1) is 12.0. The normalized spacial score (nSPS) is 12.8. The Bertz CT molecular complexity index is 333. The summed E-state index contributed by atoms with van der Waals surface area (Å²) < 4.78 is 19.9. The topological polar surface area (TPSA) is 85.2 Å². The first-order valence-electron chi connectivity index (χ1n) is 10.0. The van der Waals surface area contributed by atoms with Crippen LogP contribution in [0.3, 0.4) is 0 Å². The standard InChI is InChI=1S/C18H39O6P.Na.H/c1-3-5-6-7-8-9-10-11-12-13-14-15-16-17-18(22-4-2)23-24-25(19,20)21;;/h18H,3-17H2,1-2H3,(H2,19,20,21);;/q;+1;-1. The Kier molecular flexibility index (Phi) is 23.3. The quantitative estimate of drug-likeness (QED) is 0.0857. The molecule has 0 aromatic rings. The first-order valence-corrected chi connectivity index (χ1v) is 11.5. The van der Waals surface area contributed by atoms with Crippen molar-refractivity contribution in [3.63, 3.8) is 0 Å². The molecule has 0 saturated heterocycles. The van der Waals surface area contributed by atoms with Crippen molar-refractivity contribution in [2.45, 2.75) is 110 Å². The van der Waals surface area contributed by atoms with Crippen LogP contribution in [0, 0.1) is 0 Å². The van der Waals surface area contributed by atoms with Crippen molar-refractivity contribution in [3.05, 3.63) is 0 Å². The zero-order valence-electron chi connectivity index (χ0n) is 18.2. The molecule has 8 heteroatoms. The molecule has 0 bridgehead atoms. The minimum atomic E-state index is -4.62. The van der Waals surface area contributed by atoms with Gasteiger partial charge in [-0.3, -0.25) is 0 Å². The molecule has 1 unspecified atom stereocenters. The molecule has 2 N–H and O–H groups in total. The van der Waals surface area contributed by atoms with E-state index in [1.54, 1.807) is 6.92 Å². The summed E-state index contributed by atoms with van der Waals surface area (Å²) >= 11 is 0. The zero-order valence-corrected chi connectivity index (χ0v) is 20.1. The van der Waals surface area contributed by atoms with Crippen LogP contribution in [0.15, 0.2) is 0 Å². The van der Waals surface area contributed by atoms with Gasteiger partial charge in [-0.25, -0.2) is 4.57 Å². The minimum absolute atomic E-state index is 0. The van der Waals surface area contributed by atoms with Crippen LogP contribution in [-0.2, 0) is 18.9 Å². The smallest absolute Gasteiger partial charge is 1.00 e. The Morgan fingerprint density at radius 1 is 0.808 bits per heavy atom. The maximum absolute atomic E-state index is 10.6. The van der Waals surface area contributed by atoms with Crippen molar-refractivity contribution in [3.8, 4) is 0 Å². The number of unbranched alkanes of at least 4 members (excludes halogenated alkanes) is 12. The fourth-order valence-electron chi connectivity index (χ4n) is 2.78. The SMILES string of the molecule is CCCCCCCCCCCCCCCC(OCC)OOP(=O)(O)O.[H-].[Na+]. The Balaban J connectivity index is -0.00000288. The van der Waals surface area contributed by atoms with E-state index in [4.69, 9.17) is 14.5 Å². The molecule has 0 rings (SSSR count). The van der Waals surface area contributed by atoms with E-state index in [-0.39, 0.29) is 31.0 Å². The maximum Gasteiger partial charge on any atom is 1.00 e. The first kappa shape index (κ1) is 29.2. The summed E-state index contributed by atoms with van der Waals surface area (Å²) in [6, 6.07) is 0. The van der Waals surface area contributed by atoms with Crippen molar-refractivity contribution in [2.24, 2.45) is 0 Å². The average Bonchev–Trinajstić information content (AvgIpc) is 2.56. The van der Waals surface area contributed by atoms with Gasteiger partial charge in [0.1, 0.15) is 0 Å². The Morgan fingerprint density at radius 3 is 1.62 bits per heavy atom. The van der Waals surface area contributed by atoms with Crippen LogP contribution in [0.5, 0.6) is 0 Å². The van der Waals surface area contributed by atoms with Crippen LogP contribution in [-0.4, -0.2) is 22.7 Å². The fourth-order valence-corrected chi connectivity index (χ4v) is 2.99.